The number of nitrogens with one attached hydrogen (secondary N) is 2. The average molecular weight is 486 g/mol. The van der Waals surface area contributed by atoms with E-state index in [2.05, 4.69) is 22.4 Å². The number of benzene rings is 2. The molecule has 1 aromatic heterocycles. The third-order valence-electron chi connectivity index (χ3n) is 6.58. The molecule has 3 aromatic rings. The molecule has 0 unspecified atom stereocenters. The Kier molecular flexibility index (Phi) is 6.42. The Balaban J connectivity index is 1.14. The van der Waals surface area contributed by atoms with Gasteiger partial charge in [0.05, 0.1) is 18.0 Å². The normalized spacial score (nSPS) is 16.6. The fraction of sp³-hybridized carbons (Fsp3) is 0.440. The van der Waals surface area contributed by atoms with Crippen molar-refractivity contribution >= 4 is 26.6 Å². The summed E-state index contributed by atoms with van der Waals surface area (Å²) < 4.78 is 36.4. The maximum atomic E-state index is 11.9. The molecule has 0 amide bonds. The van der Waals surface area contributed by atoms with E-state index >= 15 is 0 Å². The molecule has 2 aromatic carbocycles. The van der Waals surface area contributed by atoms with Crippen LogP contribution in [0.4, 0.5) is 5.69 Å². The molecule has 0 radical (unpaired) electrons. The Hall–Kier alpha value is -2.75. The van der Waals surface area contributed by atoms with E-state index in [0.717, 1.165) is 24.8 Å². The summed E-state index contributed by atoms with van der Waals surface area (Å²) in [5, 5.41) is 15.0. The molecule has 0 fully saturated rings. The first-order chi connectivity index (χ1) is 16.4. The molecule has 1 aliphatic heterocycles. The van der Waals surface area contributed by atoms with Crippen molar-refractivity contribution in [3.8, 4) is 11.5 Å². The van der Waals surface area contributed by atoms with Gasteiger partial charge in [0.15, 0.2) is 6.73 Å². The molecule has 0 spiro atoms. The van der Waals surface area contributed by atoms with Crippen LogP contribution in [0.15, 0.2) is 36.4 Å². The highest BCUT2D eigenvalue weighted by Gasteiger charge is 2.28. The Labute approximate surface area is 199 Å². The standard InChI is InChI=1S/C25H31N3O5S/c1-34(30,31)28-16-33-25-10-7-17(13-23(25)28)24(29)15-26-11-12-32-18-8-9-22-20(14-18)19-5-3-2-4-6-21(19)27-22/h7-10,13-14,24,26-27,29H,2-6,11-12,15-16H2,1H3/t24-/m0/s1. The first-order valence-electron chi connectivity index (χ1n) is 11.8. The van der Waals surface area contributed by atoms with Crippen molar-refractivity contribution in [3.05, 3.63) is 53.2 Å². The van der Waals surface area contributed by atoms with Crippen molar-refractivity contribution < 1.29 is 23.0 Å². The number of aliphatic hydroxyl groups excluding tert-OH is 1. The second kappa shape index (κ2) is 9.48. The second-order valence-corrected chi connectivity index (χ2v) is 10.9. The van der Waals surface area contributed by atoms with Crippen LogP contribution in [-0.4, -0.2) is 51.2 Å². The molecule has 0 bridgehead atoms. The lowest BCUT2D eigenvalue weighted by Gasteiger charge is -2.16. The number of hydrogen-bond donors (Lipinski definition) is 3. The molecule has 182 valence electrons. The number of anilines is 1. The van der Waals surface area contributed by atoms with Crippen molar-refractivity contribution in [1.29, 1.82) is 0 Å². The zero-order chi connectivity index (χ0) is 23.7. The monoisotopic (exact) mass is 485 g/mol. The third-order valence-corrected chi connectivity index (χ3v) is 7.68. The van der Waals surface area contributed by atoms with E-state index in [1.54, 1.807) is 18.2 Å². The molecule has 0 saturated heterocycles. The van der Waals surface area contributed by atoms with Crippen LogP contribution < -0.4 is 19.1 Å². The first-order valence-corrected chi connectivity index (χ1v) is 13.6. The molecule has 3 N–H and O–H groups in total. The van der Waals surface area contributed by atoms with Gasteiger partial charge in [-0.25, -0.2) is 12.7 Å². The quantitative estimate of drug-likeness (QED) is 0.334. The summed E-state index contributed by atoms with van der Waals surface area (Å²) in [6.45, 7) is 1.33. The molecule has 2 aliphatic rings. The van der Waals surface area contributed by atoms with Gasteiger partial charge in [0.25, 0.3) is 0 Å². The molecular formula is C25H31N3O5S. The number of aryl methyl sites for hydroxylation is 2. The number of H-pyrrole nitrogens is 1. The molecule has 1 aliphatic carbocycles. The van der Waals surface area contributed by atoms with Crippen molar-refractivity contribution in [2.24, 2.45) is 0 Å². The Morgan fingerprint density at radius 2 is 2.03 bits per heavy atom. The fourth-order valence-corrected chi connectivity index (χ4v) is 5.52. The number of fused-ring (bicyclic) bond motifs is 4. The van der Waals surface area contributed by atoms with E-state index < -0.39 is 16.1 Å². The highest BCUT2D eigenvalue weighted by Crippen LogP contribution is 2.37. The van der Waals surface area contributed by atoms with Crippen LogP contribution in [0, 0.1) is 0 Å². The predicted octanol–water partition coefficient (Wildman–Crippen LogP) is 3.25. The Morgan fingerprint density at radius 1 is 1.18 bits per heavy atom. The lowest BCUT2D eigenvalue weighted by Crippen LogP contribution is -2.29. The molecule has 0 saturated carbocycles. The van der Waals surface area contributed by atoms with Gasteiger partial charge in [0, 0.05) is 29.7 Å². The number of aromatic amines is 1. The summed E-state index contributed by atoms with van der Waals surface area (Å²) >= 11 is 0. The minimum atomic E-state index is -3.43. The van der Waals surface area contributed by atoms with E-state index in [9.17, 15) is 13.5 Å². The van der Waals surface area contributed by atoms with E-state index in [1.807, 2.05) is 6.07 Å². The molecule has 1 atom stereocenters. The number of hydrogen-bond acceptors (Lipinski definition) is 6. The van der Waals surface area contributed by atoms with Crippen LogP contribution in [-0.2, 0) is 22.9 Å². The van der Waals surface area contributed by atoms with Gasteiger partial charge in [0.2, 0.25) is 10.0 Å². The molecule has 5 rings (SSSR count). The van der Waals surface area contributed by atoms with Crippen LogP contribution in [0.1, 0.15) is 42.2 Å². The highest BCUT2D eigenvalue weighted by atomic mass is 32.2. The number of ether oxygens (including phenoxy) is 2. The van der Waals surface area contributed by atoms with E-state index in [-0.39, 0.29) is 6.73 Å². The number of aliphatic hydroxyl groups is 1. The summed E-state index contributed by atoms with van der Waals surface area (Å²) in [7, 11) is -3.43. The van der Waals surface area contributed by atoms with Crippen LogP contribution in [0.5, 0.6) is 11.5 Å². The Morgan fingerprint density at radius 3 is 2.88 bits per heavy atom. The van der Waals surface area contributed by atoms with Crippen LogP contribution >= 0.6 is 0 Å². The van der Waals surface area contributed by atoms with Crippen LogP contribution in [0.3, 0.4) is 0 Å². The summed E-state index contributed by atoms with van der Waals surface area (Å²) in [6, 6.07) is 11.3. The molecule has 34 heavy (non-hydrogen) atoms. The van der Waals surface area contributed by atoms with Crippen molar-refractivity contribution in [1.82, 2.24) is 10.3 Å². The zero-order valence-electron chi connectivity index (χ0n) is 19.3. The van der Waals surface area contributed by atoms with Crippen LogP contribution in [0.25, 0.3) is 10.9 Å². The van der Waals surface area contributed by atoms with Gasteiger partial charge < -0.3 is 24.9 Å². The lowest BCUT2D eigenvalue weighted by molar-refractivity contribution is 0.172. The smallest absolute Gasteiger partial charge is 0.235 e. The van der Waals surface area contributed by atoms with Gasteiger partial charge in [-0.05, 0) is 67.1 Å². The predicted molar refractivity (Wildman–Crippen MR) is 132 cm³/mol. The van der Waals surface area contributed by atoms with Crippen LogP contribution in [0.2, 0.25) is 0 Å². The minimum absolute atomic E-state index is 0.0410. The maximum Gasteiger partial charge on any atom is 0.235 e. The summed E-state index contributed by atoms with van der Waals surface area (Å²) in [4.78, 5) is 3.57. The van der Waals surface area contributed by atoms with Gasteiger partial charge in [-0.1, -0.05) is 12.5 Å². The van der Waals surface area contributed by atoms with E-state index in [0.29, 0.717) is 36.7 Å². The summed E-state index contributed by atoms with van der Waals surface area (Å²) in [5.74, 6) is 1.35. The van der Waals surface area contributed by atoms with E-state index in [4.69, 9.17) is 9.47 Å². The Bertz CT molecular complexity index is 1290. The lowest BCUT2D eigenvalue weighted by atomic mass is 10.1. The fourth-order valence-electron chi connectivity index (χ4n) is 4.78. The molecule has 9 heteroatoms. The zero-order valence-corrected chi connectivity index (χ0v) is 20.2. The number of aromatic nitrogens is 1. The summed E-state index contributed by atoms with van der Waals surface area (Å²) in [6.07, 6.45) is 6.37. The van der Waals surface area contributed by atoms with Gasteiger partial charge in [-0.15, -0.1) is 0 Å². The minimum Gasteiger partial charge on any atom is -0.492 e. The SMILES string of the molecule is CS(=O)(=O)N1COc2ccc([C@@H](O)CNCCOc3ccc4[nH]c5c(c4c3)CCCCC5)cc21. The topological polar surface area (TPSA) is 104 Å². The van der Waals surface area contributed by atoms with Gasteiger partial charge >= 0.3 is 0 Å². The van der Waals surface area contributed by atoms with Crippen molar-refractivity contribution in [2.45, 2.75) is 38.2 Å². The second-order valence-electron chi connectivity index (χ2n) is 9.03. The van der Waals surface area contributed by atoms with Gasteiger partial charge in [-0.2, -0.15) is 0 Å². The summed E-state index contributed by atoms with van der Waals surface area (Å²) in [5.41, 5.74) is 5.08. The van der Waals surface area contributed by atoms with Crippen molar-refractivity contribution in [3.63, 3.8) is 0 Å². The number of sulfonamides is 1. The molecular weight excluding hydrogens is 454 g/mol. The third kappa shape index (κ3) is 4.73. The number of rotatable bonds is 8. The largest absolute Gasteiger partial charge is 0.492 e. The molecule has 8 nitrogen and oxygen atoms in total. The highest BCUT2D eigenvalue weighted by molar-refractivity contribution is 7.92. The van der Waals surface area contributed by atoms with E-state index in [1.165, 1.54) is 45.7 Å². The van der Waals surface area contributed by atoms with Gasteiger partial charge in [-0.3, -0.25) is 0 Å². The average Bonchev–Trinajstić information content (AvgIpc) is 3.31. The first kappa shape index (κ1) is 23.0. The van der Waals surface area contributed by atoms with Crippen molar-refractivity contribution in [2.75, 3.05) is 37.0 Å². The number of nitrogens with zero attached hydrogens (tertiary/aromatic N) is 1. The van der Waals surface area contributed by atoms with Gasteiger partial charge in [0.1, 0.15) is 18.1 Å². The maximum absolute atomic E-state index is 11.9. The molecule has 2 heterocycles.